The van der Waals surface area contributed by atoms with Crippen LogP contribution in [0.25, 0.3) is 11.7 Å². The first-order chi connectivity index (χ1) is 15.5. The van der Waals surface area contributed by atoms with Crippen LogP contribution in [0.1, 0.15) is 25.8 Å². The van der Waals surface area contributed by atoms with Crippen molar-refractivity contribution in [2.45, 2.75) is 26.4 Å². The predicted octanol–water partition coefficient (Wildman–Crippen LogP) is 3.33. The Balaban J connectivity index is 1.92. The number of para-hydroxylation sites is 1. The van der Waals surface area contributed by atoms with E-state index in [1.54, 1.807) is 48.7 Å². The highest BCUT2D eigenvalue weighted by Gasteiger charge is 2.17. The fourth-order valence-corrected chi connectivity index (χ4v) is 2.87. The van der Waals surface area contributed by atoms with Crippen LogP contribution in [0, 0.1) is 11.3 Å². The van der Waals surface area contributed by atoms with E-state index < -0.39 is 11.5 Å². The molecule has 2 aromatic heterocycles. The Morgan fingerprint density at radius 3 is 2.69 bits per heavy atom. The van der Waals surface area contributed by atoms with Crippen molar-refractivity contribution in [1.82, 2.24) is 14.7 Å². The Labute approximate surface area is 185 Å². The Hall–Kier alpha value is -3.96. The van der Waals surface area contributed by atoms with E-state index in [9.17, 15) is 14.9 Å². The summed E-state index contributed by atoms with van der Waals surface area (Å²) in [6.45, 7) is 4.70. The molecular formula is C24H24N4O4. The van der Waals surface area contributed by atoms with Crippen LogP contribution in [0.5, 0.6) is 11.6 Å². The third-order valence-corrected chi connectivity index (χ3v) is 4.40. The maximum Gasteiger partial charge on any atom is 0.269 e. The zero-order valence-electron chi connectivity index (χ0n) is 17.9. The largest absolute Gasteiger partial charge is 0.438 e. The van der Waals surface area contributed by atoms with E-state index in [-0.39, 0.29) is 23.1 Å². The van der Waals surface area contributed by atoms with Gasteiger partial charge in [0.15, 0.2) is 0 Å². The van der Waals surface area contributed by atoms with E-state index in [0.29, 0.717) is 31.0 Å². The molecule has 0 aliphatic heterocycles. The van der Waals surface area contributed by atoms with Crippen LogP contribution in [-0.4, -0.2) is 34.5 Å². The molecule has 1 aromatic carbocycles. The van der Waals surface area contributed by atoms with Crippen LogP contribution in [-0.2, 0) is 9.53 Å². The standard InChI is InChI=1S/C24H24N4O4/c1-17(2)31-14-8-12-26-22(29)18(16-25)15-20-23(32-19-9-4-3-5-10-19)27-21-11-6-7-13-28(21)24(20)30/h3-7,9-11,13,15,17H,8,12,14H2,1-2H3,(H,26,29)/b18-15+. The summed E-state index contributed by atoms with van der Waals surface area (Å²) < 4.78 is 12.6. The fourth-order valence-electron chi connectivity index (χ4n) is 2.87. The molecule has 0 saturated carbocycles. The molecule has 3 rings (SSSR count). The number of carbonyl (C=O) groups is 1. The Kier molecular flexibility index (Phi) is 7.73. The number of aromatic nitrogens is 2. The number of ether oxygens (including phenoxy) is 2. The molecule has 1 amide bonds. The number of nitrogens with one attached hydrogen (secondary N) is 1. The lowest BCUT2D eigenvalue weighted by Crippen LogP contribution is -2.27. The maximum absolute atomic E-state index is 13.1. The van der Waals surface area contributed by atoms with Crippen molar-refractivity contribution >= 4 is 17.6 Å². The second-order valence-electron chi connectivity index (χ2n) is 7.18. The van der Waals surface area contributed by atoms with E-state index >= 15 is 0 Å². The van der Waals surface area contributed by atoms with E-state index in [1.807, 2.05) is 26.0 Å². The van der Waals surface area contributed by atoms with Gasteiger partial charge in [0.2, 0.25) is 5.88 Å². The summed E-state index contributed by atoms with van der Waals surface area (Å²) in [5.41, 5.74) is -0.282. The molecule has 0 bridgehead atoms. The molecule has 0 spiro atoms. The molecule has 32 heavy (non-hydrogen) atoms. The van der Waals surface area contributed by atoms with Crippen LogP contribution < -0.4 is 15.6 Å². The van der Waals surface area contributed by atoms with Crippen molar-refractivity contribution in [3.05, 3.63) is 76.2 Å². The van der Waals surface area contributed by atoms with Gasteiger partial charge in [-0.2, -0.15) is 10.2 Å². The number of nitriles is 1. The Morgan fingerprint density at radius 1 is 1.22 bits per heavy atom. The van der Waals surface area contributed by atoms with Gasteiger partial charge in [-0.1, -0.05) is 24.3 Å². The average Bonchev–Trinajstić information content (AvgIpc) is 2.79. The molecule has 0 radical (unpaired) electrons. The zero-order valence-corrected chi connectivity index (χ0v) is 17.9. The van der Waals surface area contributed by atoms with Crippen LogP contribution >= 0.6 is 0 Å². The summed E-state index contributed by atoms with van der Waals surface area (Å²) in [4.78, 5) is 30.0. The molecule has 0 fully saturated rings. The zero-order chi connectivity index (χ0) is 22.9. The lowest BCUT2D eigenvalue weighted by Gasteiger charge is -2.10. The highest BCUT2D eigenvalue weighted by atomic mass is 16.5. The Bertz CT molecular complexity index is 1210. The number of carbonyl (C=O) groups excluding carboxylic acids is 1. The van der Waals surface area contributed by atoms with Crippen molar-refractivity contribution in [3.8, 4) is 17.7 Å². The lowest BCUT2D eigenvalue weighted by atomic mass is 10.1. The summed E-state index contributed by atoms with van der Waals surface area (Å²) >= 11 is 0. The van der Waals surface area contributed by atoms with Gasteiger partial charge >= 0.3 is 0 Å². The van der Waals surface area contributed by atoms with Gasteiger partial charge in [-0.05, 0) is 50.6 Å². The summed E-state index contributed by atoms with van der Waals surface area (Å²) in [5, 5.41) is 12.2. The molecule has 3 aromatic rings. The smallest absolute Gasteiger partial charge is 0.269 e. The minimum atomic E-state index is -0.583. The van der Waals surface area contributed by atoms with Gasteiger partial charge in [0.25, 0.3) is 11.5 Å². The van der Waals surface area contributed by atoms with Crippen molar-refractivity contribution in [2.24, 2.45) is 0 Å². The molecule has 8 nitrogen and oxygen atoms in total. The van der Waals surface area contributed by atoms with Gasteiger partial charge in [-0.15, -0.1) is 0 Å². The second-order valence-corrected chi connectivity index (χ2v) is 7.18. The number of rotatable bonds is 9. The topological polar surface area (TPSA) is 106 Å². The first-order valence-electron chi connectivity index (χ1n) is 10.3. The van der Waals surface area contributed by atoms with Crippen LogP contribution in [0.3, 0.4) is 0 Å². The molecule has 2 heterocycles. The quantitative estimate of drug-likeness (QED) is 0.316. The molecule has 0 atom stereocenters. The van der Waals surface area contributed by atoms with Gasteiger partial charge < -0.3 is 14.8 Å². The summed E-state index contributed by atoms with van der Waals surface area (Å²) in [6.07, 6.45) is 3.49. The number of hydrogen-bond donors (Lipinski definition) is 1. The minimum absolute atomic E-state index is 0.00685. The predicted molar refractivity (Wildman–Crippen MR) is 120 cm³/mol. The average molecular weight is 432 g/mol. The summed E-state index contributed by atoms with van der Waals surface area (Å²) in [7, 11) is 0. The first-order valence-corrected chi connectivity index (χ1v) is 10.3. The van der Waals surface area contributed by atoms with Crippen molar-refractivity contribution < 1.29 is 14.3 Å². The molecule has 0 aliphatic rings. The van der Waals surface area contributed by atoms with Gasteiger partial charge in [-0.25, -0.2) is 0 Å². The second kappa shape index (κ2) is 10.9. The van der Waals surface area contributed by atoms with E-state index in [1.165, 1.54) is 10.5 Å². The number of amides is 1. The van der Waals surface area contributed by atoms with E-state index in [0.717, 1.165) is 0 Å². The SMILES string of the molecule is CC(C)OCCCNC(=O)/C(C#N)=C/c1c(Oc2ccccc2)nc2ccccn2c1=O. The van der Waals surface area contributed by atoms with Crippen molar-refractivity contribution in [1.29, 1.82) is 5.26 Å². The van der Waals surface area contributed by atoms with Gasteiger partial charge in [0.1, 0.15) is 28.6 Å². The summed E-state index contributed by atoms with van der Waals surface area (Å²) in [6, 6.07) is 15.8. The van der Waals surface area contributed by atoms with Crippen molar-refractivity contribution in [2.75, 3.05) is 13.2 Å². The lowest BCUT2D eigenvalue weighted by molar-refractivity contribution is -0.117. The van der Waals surface area contributed by atoms with Crippen LogP contribution in [0.2, 0.25) is 0 Å². The molecule has 8 heteroatoms. The number of hydrogen-bond acceptors (Lipinski definition) is 6. The number of nitrogens with zero attached hydrogens (tertiary/aromatic N) is 3. The van der Waals surface area contributed by atoms with Gasteiger partial charge in [-0.3, -0.25) is 14.0 Å². The highest BCUT2D eigenvalue weighted by molar-refractivity contribution is 6.01. The molecule has 0 saturated heterocycles. The normalized spacial score (nSPS) is 11.4. The maximum atomic E-state index is 13.1. The number of benzene rings is 1. The number of fused-ring (bicyclic) bond motifs is 1. The van der Waals surface area contributed by atoms with E-state index in [2.05, 4.69) is 10.3 Å². The van der Waals surface area contributed by atoms with Gasteiger partial charge in [0.05, 0.1) is 6.10 Å². The first kappa shape index (κ1) is 22.7. The molecule has 0 aliphatic carbocycles. The van der Waals surface area contributed by atoms with Crippen LogP contribution in [0.15, 0.2) is 65.1 Å². The fraction of sp³-hybridized carbons (Fsp3) is 0.250. The third kappa shape index (κ3) is 5.80. The monoisotopic (exact) mass is 432 g/mol. The van der Waals surface area contributed by atoms with Crippen LogP contribution in [0.4, 0.5) is 0 Å². The third-order valence-electron chi connectivity index (χ3n) is 4.40. The minimum Gasteiger partial charge on any atom is -0.438 e. The van der Waals surface area contributed by atoms with E-state index in [4.69, 9.17) is 9.47 Å². The summed E-state index contributed by atoms with van der Waals surface area (Å²) in [5.74, 6) is -0.0963. The highest BCUT2D eigenvalue weighted by Crippen LogP contribution is 2.23. The molecule has 164 valence electrons. The molecule has 0 unspecified atom stereocenters. The molecular weight excluding hydrogens is 408 g/mol. The Morgan fingerprint density at radius 2 is 1.97 bits per heavy atom. The van der Waals surface area contributed by atoms with Gasteiger partial charge in [0, 0.05) is 19.3 Å². The van der Waals surface area contributed by atoms with Crippen molar-refractivity contribution in [3.63, 3.8) is 0 Å². The number of pyridine rings is 1. The molecule has 1 N–H and O–H groups in total.